The predicted molar refractivity (Wildman–Crippen MR) is 72.9 cm³/mol. The molecule has 1 aromatic heterocycles. The Hall–Kier alpha value is -0.950. The molecule has 2 N–H and O–H groups in total. The number of aliphatic hydroxyl groups is 1. The van der Waals surface area contributed by atoms with Crippen molar-refractivity contribution in [1.29, 1.82) is 0 Å². The van der Waals surface area contributed by atoms with Gasteiger partial charge in [0, 0.05) is 51.0 Å². The largest absolute Gasteiger partial charge is 0.390 e. The van der Waals surface area contributed by atoms with Crippen LogP contribution in [0.1, 0.15) is 11.3 Å². The summed E-state index contributed by atoms with van der Waals surface area (Å²) < 4.78 is 7.15. The zero-order chi connectivity index (χ0) is 13.7. The molecule has 1 fully saturated rings. The van der Waals surface area contributed by atoms with Crippen molar-refractivity contribution in [2.24, 2.45) is 7.05 Å². The first-order chi connectivity index (χ1) is 9.16. The Morgan fingerprint density at radius 1 is 1.47 bits per heavy atom. The number of aryl methyl sites for hydroxylation is 1. The fraction of sp³-hybridized carbons (Fsp3) is 0.769. The lowest BCUT2D eigenvalue weighted by molar-refractivity contribution is 0.0149. The molecule has 1 aliphatic heterocycles. The second-order valence-corrected chi connectivity index (χ2v) is 5.08. The summed E-state index contributed by atoms with van der Waals surface area (Å²) in [4.78, 5) is 2.24. The molecule has 6 nitrogen and oxygen atoms in total. The highest BCUT2D eigenvalue weighted by molar-refractivity contribution is 5.15. The van der Waals surface area contributed by atoms with Crippen molar-refractivity contribution in [3.63, 3.8) is 0 Å². The van der Waals surface area contributed by atoms with Gasteiger partial charge >= 0.3 is 0 Å². The molecular weight excluding hydrogens is 244 g/mol. The highest BCUT2D eigenvalue weighted by atomic mass is 16.5. The standard InChI is InChI=1S/C13H24N4O2/c1-11-12(8-15-16(11)2)7-14-9-13(18)10-17-3-5-19-6-4-17/h8,13-14,18H,3-7,9-10H2,1-2H3. The van der Waals surface area contributed by atoms with Gasteiger partial charge in [-0.3, -0.25) is 9.58 Å². The van der Waals surface area contributed by atoms with E-state index in [-0.39, 0.29) is 6.10 Å². The quantitative estimate of drug-likeness (QED) is 0.729. The van der Waals surface area contributed by atoms with Crippen molar-refractivity contribution in [2.75, 3.05) is 39.4 Å². The van der Waals surface area contributed by atoms with Crippen LogP contribution in [0.3, 0.4) is 0 Å². The Kier molecular flexibility index (Phi) is 5.33. The van der Waals surface area contributed by atoms with Crippen LogP contribution in [0.25, 0.3) is 0 Å². The fourth-order valence-electron chi connectivity index (χ4n) is 2.24. The fourth-order valence-corrected chi connectivity index (χ4v) is 2.24. The van der Waals surface area contributed by atoms with Gasteiger partial charge in [-0.1, -0.05) is 0 Å². The third-order valence-electron chi connectivity index (χ3n) is 3.60. The maximum Gasteiger partial charge on any atom is 0.0791 e. The molecule has 0 bridgehead atoms. The van der Waals surface area contributed by atoms with E-state index in [0.29, 0.717) is 13.1 Å². The lowest BCUT2D eigenvalue weighted by Crippen LogP contribution is -2.43. The molecule has 0 amide bonds. The molecule has 0 aromatic carbocycles. The summed E-state index contributed by atoms with van der Waals surface area (Å²) in [6.45, 7) is 7.49. The minimum absolute atomic E-state index is 0.338. The van der Waals surface area contributed by atoms with E-state index < -0.39 is 0 Å². The van der Waals surface area contributed by atoms with Crippen molar-refractivity contribution in [3.05, 3.63) is 17.5 Å². The Labute approximate surface area is 114 Å². The maximum atomic E-state index is 9.99. The molecule has 6 heteroatoms. The monoisotopic (exact) mass is 268 g/mol. The van der Waals surface area contributed by atoms with E-state index in [2.05, 4.69) is 15.3 Å². The van der Waals surface area contributed by atoms with Crippen LogP contribution in [0, 0.1) is 6.92 Å². The van der Waals surface area contributed by atoms with Crippen LogP contribution in [-0.2, 0) is 18.3 Å². The number of aliphatic hydroxyl groups excluding tert-OH is 1. The highest BCUT2D eigenvalue weighted by Crippen LogP contribution is 2.04. The van der Waals surface area contributed by atoms with Crippen molar-refractivity contribution in [1.82, 2.24) is 20.0 Å². The van der Waals surface area contributed by atoms with Gasteiger partial charge in [-0.2, -0.15) is 5.10 Å². The number of nitrogens with zero attached hydrogens (tertiary/aromatic N) is 3. The van der Waals surface area contributed by atoms with E-state index in [0.717, 1.165) is 38.5 Å². The average molecular weight is 268 g/mol. The summed E-state index contributed by atoms with van der Waals surface area (Å²) >= 11 is 0. The van der Waals surface area contributed by atoms with Gasteiger partial charge in [-0.25, -0.2) is 0 Å². The summed E-state index contributed by atoms with van der Waals surface area (Å²) in [7, 11) is 1.94. The molecule has 19 heavy (non-hydrogen) atoms. The third kappa shape index (κ3) is 4.28. The zero-order valence-corrected chi connectivity index (χ0v) is 11.8. The molecule has 0 spiro atoms. The normalized spacial score (nSPS) is 18.7. The first-order valence-electron chi connectivity index (χ1n) is 6.83. The molecule has 0 aliphatic carbocycles. The van der Waals surface area contributed by atoms with Gasteiger partial charge in [-0.15, -0.1) is 0 Å². The molecule has 0 saturated carbocycles. The number of morpholine rings is 1. The van der Waals surface area contributed by atoms with Gasteiger partial charge in [-0.05, 0) is 6.92 Å². The zero-order valence-electron chi connectivity index (χ0n) is 11.8. The van der Waals surface area contributed by atoms with Crippen LogP contribution in [0.4, 0.5) is 0 Å². The number of hydrogen-bond acceptors (Lipinski definition) is 5. The van der Waals surface area contributed by atoms with Gasteiger partial charge in [0.05, 0.1) is 25.5 Å². The van der Waals surface area contributed by atoms with E-state index >= 15 is 0 Å². The maximum absolute atomic E-state index is 9.99. The minimum atomic E-state index is -0.338. The van der Waals surface area contributed by atoms with Gasteiger partial charge in [0.1, 0.15) is 0 Å². The summed E-state index contributed by atoms with van der Waals surface area (Å²) in [6.07, 6.45) is 1.53. The minimum Gasteiger partial charge on any atom is -0.390 e. The highest BCUT2D eigenvalue weighted by Gasteiger charge is 2.14. The number of ether oxygens (including phenoxy) is 1. The number of rotatable bonds is 6. The number of aromatic nitrogens is 2. The van der Waals surface area contributed by atoms with Crippen LogP contribution in [-0.4, -0.2) is 65.3 Å². The van der Waals surface area contributed by atoms with Crippen LogP contribution in [0.5, 0.6) is 0 Å². The van der Waals surface area contributed by atoms with Gasteiger partial charge in [0.2, 0.25) is 0 Å². The molecule has 0 radical (unpaired) electrons. The molecule has 1 aromatic rings. The van der Waals surface area contributed by atoms with Crippen LogP contribution < -0.4 is 5.32 Å². The van der Waals surface area contributed by atoms with Gasteiger partial charge in [0.15, 0.2) is 0 Å². The summed E-state index contributed by atoms with van der Waals surface area (Å²) in [6, 6.07) is 0. The van der Waals surface area contributed by atoms with Crippen LogP contribution in [0.2, 0.25) is 0 Å². The van der Waals surface area contributed by atoms with Crippen LogP contribution >= 0.6 is 0 Å². The van der Waals surface area contributed by atoms with Crippen molar-refractivity contribution in [2.45, 2.75) is 19.6 Å². The lowest BCUT2D eigenvalue weighted by Gasteiger charge is -2.28. The Bertz CT molecular complexity index is 388. The van der Waals surface area contributed by atoms with E-state index in [1.54, 1.807) is 0 Å². The molecule has 2 heterocycles. The summed E-state index contributed by atoms with van der Waals surface area (Å²) in [5.74, 6) is 0. The average Bonchev–Trinajstić information content (AvgIpc) is 2.72. The van der Waals surface area contributed by atoms with Crippen molar-refractivity contribution < 1.29 is 9.84 Å². The Balaban J connectivity index is 1.66. The number of nitrogens with one attached hydrogen (secondary N) is 1. The molecule has 1 saturated heterocycles. The van der Waals surface area contributed by atoms with E-state index in [1.165, 1.54) is 5.56 Å². The van der Waals surface area contributed by atoms with E-state index in [4.69, 9.17) is 4.74 Å². The van der Waals surface area contributed by atoms with Crippen molar-refractivity contribution >= 4 is 0 Å². The SMILES string of the molecule is Cc1c(CNCC(O)CN2CCOCC2)cnn1C. The topological polar surface area (TPSA) is 62.6 Å². The first kappa shape index (κ1) is 14.5. The third-order valence-corrected chi connectivity index (χ3v) is 3.60. The van der Waals surface area contributed by atoms with E-state index in [1.807, 2.05) is 24.9 Å². The number of hydrogen-bond donors (Lipinski definition) is 2. The van der Waals surface area contributed by atoms with Crippen molar-refractivity contribution in [3.8, 4) is 0 Å². The number of β-amino-alcohol motifs (C(OH)–C–C–N with tert-alkyl or cyclic N) is 1. The lowest BCUT2D eigenvalue weighted by atomic mass is 10.2. The molecule has 1 atom stereocenters. The molecule has 1 unspecified atom stereocenters. The smallest absolute Gasteiger partial charge is 0.0791 e. The Morgan fingerprint density at radius 3 is 2.84 bits per heavy atom. The first-order valence-corrected chi connectivity index (χ1v) is 6.83. The summed E-state index contributed by atoms with van der Waals surface area (Å²) in [5.41, 5.74) is 2.34. The van der Waals surface area contributed by atoms with E-state index in [9.17, 15) is 5.11 Å². The summed E-state index contributed by atoms with van der Waals surface area (Å²) in [5, 5.41) is 17.5. The predicted octanol–water partition coefficient (Wildman–Crippen LogP) is -0.489. The Morgan fingerprint density at radius 2 is 2.21 bits per heavy atom. The molecule has 108 valence electrons. The molecule has 1 aliphatic rings. The molecule has 2 rings (SSSR count). The second kappa shape index (κ2) is 7.00. The second-order valence-electron chi connectivity index (χ2n) is 5.08. The van der Waals surface area contributed by atoms with Crippen LogP contribution in [0.15, 0.2) is 6.20 Å². The van der Waals surface area contributed by atoms with Gasteiger partial charge in [0.25, 0.3) is 0 Å². The van der Waals surface area contributed by atoms with Gasteiger partial charge < -0.3 is 15.2 Å². The molecular formula is C13H24N4O2.